The molecule has 22 heavy (non-hydrogen) atoms. The van der Waals surface area contributed by atoms with Crippen molar-refractivity contribution in [2.45, 2.75) is 6.92 Å². The summed E-state index contributed by atoms with van der Waals surface area (Å²) in [6.45, 7) is 1.96. The van der Waals surface area contributed by atoms with Crippen LogP contribution in [0.1, 0.15) is 5.56 Å². The third-order valence-corrected chi connectivity index (χ3v) is 3.49. The van der Waals surface area contributed by atoms with E-state index >= 15 is 0 Å². The number of rotatable bonds is 5. The fourth-order valence-electron chi connectivity index (χ4n) is 1.92. The molecule has 1 amide bonds. The van der Waals surface area contributed by atoms with E-state index in [1.165, 1.54) is 12.1 Å². The molecule has 0 spiro atoms. The van der Waals surface area contributed by atoms with Crippen LogP contribution in [0.4, 0.5) is 15.8 Å². The molecule has 0 atom stereocenters. The van der Waals surface area contributed by atoms with E-state index in [4.69, 9.17) is 4.74 Å². The summed E-state index contributed by atoms with van der Waals surface area (Å²) in [5.74, 6) is -0.186. The maximum atomic E-state index is 13.7. The van der Waals surface area contributed by atoms with Crippen LogP contribution in [-0.2, 0) is 4.79 Å². The second-order valence-electron chi connectivity index (χ2n) is 4.73. The van der Waals surface area contributed by atoms with Gasteiger partial charge in [0.2, 0.25) is 5.91 Å². The third-order valence-electron chi connectivity index (χ3n) is 3.00. The Hall–Kier alpha value is -2.08. The summed E-state index contributed by atoms with van der Waals surface area (Å²) in [5, 5.41) is 5.51. The molecular formula is C16H16BrFN2O2. The number of benzene rings is 2. The average Bonchev–Trinajstić information content (AvgIpc) is 2.48. The topological polar surface area (TPSA) is 50.4 Å². The van der Waals surface area contributed by atoms with Crippen LogP contribution in [-0.4, -0.2) is 19.6 Å². The fraction of sp³-hybridized carbons (Fsp3) is 0.188. The number of aryl methyl sites for hydroxylation is 1. The van der Waals surface area contributed by atoms with E-state index in [1.807, 2.05) is 25.1 Å². The first-order valence-corrected chi connectivity index (χ1v) is 7.42. The summed E-state index contributed by atoms with van der Waals surface area (Å²) in [7, 11) is 1.56. The molecule has 116 valence electrons. The molecule has 0 saturated carbocycles. The van der Waals surface area contributed by atoms with E-state index < -0.39 is 5.82 Å². The van der Waals surface area contributed by atoms with Crippen molar-refractivity contribution in [2.75, 3.05) is 24.3 Å². The highest BCUT2D eigenvalue weighted by Gasteiger charge is 2.09. The van der Waals surface area contributed by atoms with Crippen molar-refractivity contribution in [3.63, 3.8) is 0 Å². The first-order chi connectivity index (χ1) is 10.5. The average molecular weight is 367 g/mol. The number of carbonyl (C=O) groups excluding carboxylic acids is 1. The van der Waals surface area contributed by atoms with E-state index in [2.05, 4.69) is 26.6 Å². The van der Waals surface area contributed by atoms with E-state index in [0.717, 1.165) is 5.56 Å². The van der Waals surface area contributed by atoms with Crippen LogP contribution in [0, 0.1) is 12.7 Å². The van der Waals surface area contributed by atoms with Gasteiger partial charge in [0.15, 0.2) is 0 Å². The number of amides is 1. The summed E-state index contributed by atoms with van der Waals surface area (Å²) in [6.07, 6.45) is 0. The van der Waals surface area contributed by atoms with E-state index in [9.17, 15) is 9.18 Å². The Morgan fingerprint density at radius 2 is 2.00 bits per heavy atom. The Kier molecular flexibility index (Phi) is 5.38. The van der Waals surface area contributed by atoms with E-state index in [-0.39, 0.29) is 18.1 Å². The van der Waals surface area contributed by atoms with Crippen LogP contribution >= 0.6 is 15.9 Å². The molecule has 0 unspecified atom stereocenters. The second kappa shape index (κ2) is 7.26. The highest BCUT2D eigenvalue weighted by molar-refractivity contribution is 9.10. The molecule has 2 aromatic rings. The van der Waals surface area contributed by atoms with Crippen molar-refractivity contribution in [3.8, 4) is 5.75 Å². The predicted octanol–water partition coefficient (Wildman–Crippen LogP) is 3.96. The number of halogens is 2. The predicted molar refractivity (Wildman–Crippen MR) is 89.0 cm³/mol. The van der Waals surface area contributed by atoms with Crippen LogP contribution in [0.3, 0.4) is 0 Å². The van der Waals surface area contributed by atoms with Gasteiger partial charge in [0, 0.05) is 4.47 Å². The molecule has 4 nitrogen and oxygen atoms in total. The largest absolute Gasteiger partial charge is 0.495 e. The zero-order valence-corrected chi connectivity index (χ0v) is 13.8. The molecule has 0 aliphatic heterocycles. The Balaban J connectivity index is 2.00. The number of ether oxygens (including phenoxy) is 1. The van der Waals surface area contributed by atoms with Crippen molar-refractivity contribution < 1.29 is 13.9 Å². The monoisotopic (exact) mass is 366 g/mol. The minimum atomic E-state index is -0.490. The first-order valence-electron chi connectivity index (χ1n) is 6.63. The van der Waals surface area contributed by atoms with Gasteiger partial charge in [0.25, 0.3) is 0 Å². The zero-order valence-electron chi connectivity index (χ0n) is 12.2. The third kappa shape index (κ3) is 4.21. The molecule has 0 fully saturated rings. The summed E-state index contributed by atoms with van der Waals surface area (Å²) >= 11 is 3.17. The fourth-order valence-corrected chi connectivity index (χ4v) is 2.25. The second-order valence-corrected chi connectivity index (χ2v) is 5.65. The molecule has 0 heterocycles. The van der Waals surface area contributed by atoms with Crippen LogP contribution in [0.5, 0.6) is 5.75 Å². The van der Waals surface area contributed by atoms with Crippen molar-refractivity contribution in [1.82, 2.24) is 0 Å². The Morgan fingerprint density at radius 3 is 2.68 bits per heavy atom. The van der Waals surface area contributed by atoms with Crippen LogP contribution in [0.15, 0.2) is 40.9 Å². The summed E-state index contributed by atoms with van der Waals surface area (Å²) < 4.78 is 19.5. The Morgan fingerprint density at radius 1 is 1.23 bits per heavy atom. The highest BCUT2D eigenvalue weighted by atomic mass is 79.9. The highest BCUT2D eigenvalue weighted by Crippen LogP contribution is 2.25. The summed E-state index contributed by atoms with van der Waals surface area (Å²) in [6, 6.07) is 10.1. The lowest BCUT2D eigenvalue weighted by atomic mass is 10.2. The number of hydrogen-bond acceptors (Lipinski definition) is 3. The summed E-state index contributed by atoms with van der Waals surface area (Å²) in [5.41, 5.74) is 1.91. The van der Waals surface area contributed by atoms with Crippen molar-refractivity contribution >= 4 is 33.2 Å². The quantitative estimate of drug-likeness (QED) is 0.841. The lowest BCUT2D eigenvalue weighted by molar-refractivity contribution is -0.114. The molecular weight excluding hydrogens is 351 g/mol. The molecule has 6 heteroatoms. The Labute approximate surface area is 136 Å². The minimum Gasteiger partial charge on any atom is -0.495 e. The number of nitrogens with one attached hydrogen (secondary N) is 2. The molecule has 2 rings (SSSR count). The van der Waals surface area contributed by atoms with Gasteiger partial charge in [0.1, 0.15) is 11.6 Å². The smallest absolute Gasteiger partial charge is 0.243 e. The number of carbonyl (C=O) groups is 1. The molecule has 0 aliphatic rings. The molecule has 0 radical (unpaired) electrons. The normalized spacial score (nSPS) is 10.2. The lowest BCUT2D eigenvalue weighted by Crippen LogP contribution is -2.22. The van der Waals surface area contributed by atoms with Gasteiger partial charge in [-0.25, -0.2) is 4.39 Å². The lowest BCUT2D eigenvalue weighted by Gasteiger charge is -2.12. The van der Waals surface area contributed by atoms with Gasteiger partial charge in [-0.3, -0.25) is 4.79 Å². The molecule has 2 N–H and O–H groups in total. The number of methoxy groups -OCH3 is 1. The van der Waals surface area contributed by atoms with Crippen LogP contribution < -0.4 is 15.4 Å². The van der Waals surface area contributed by atoms with Gasteiger partial charge in [-0.05, 0) is 42.8 Å². The van der Waals surface area contributed by atoms with Crippen LogP contribution in [0.25, 0.3) is 0 Å². The molecule has 0 saturated heterocycles. The van der Waals surface area contributed by atoms with Gasteiger partial charge in [-0.2, -0.15) is 0 Å². The van der Waals surface area contributed by atoms with E-state index in [0.29, 0.717) is 15.9 Å². The molecule has 0 aromatic heterocycles. The number of hydrogen-bond donors (Lipinski definition) is 2. The number of anilines is 2. The zero-order chi connectivity index (χ0) is 16.1. The van der Waals surface area contributed by atoms with Gasteiger partial charge in [-0.15, -0.1) is 0 Å². The SMILES string of the molecule is COc1ccc(C)cc1NCC(=O)Nc1ccc(Br)cc1F. The van der Waals surface area contributed by atoms with E-state index in [1.54, 1.807) is 13.2 Å². The van der Waals surface area contributed by atoms with Gasteiger partial charge in [-0.1, -0.05) is 22.0 Å². The summed E-state index contributed by atoms with van der Waals surface area (Å²) in [4.78, 5) is 11.9. The standard InChI is InChI=1S/C16H16BrFN2O2/c1-10-3-6-15(22-2)14(7-10)19-9-16(21)20-13-5-4-11(17)8-12(13)18/h3-8,19H,9H2,1-2H3,(H,20,21). The first kappa shape index (κ1) is 16.3. The molecule has 2 aromatic carbocycles. The maximum Gasteiger partial charge on any atom is 0.243 e. The van der Waals surface area contributed by atoms with Crippen molar-refractivity contribution in [1.29, 1.82) is 0 Å². The van der Waals surface area contributed by atoms with Gasteiger partial charge in [0.05, 0.1) is 25.0 Å². The molecule has 0 aliphatic carbocycles. The van der Waals surface area contributed by atoms with Crippen molar-refractivity contribution in [2.24, 2.45) is 0 Å². The van der Waals surface area contributed by atoms with Gasteiger partial charge >= 0.3 is 0 Å². The maximum absolute atomic E-state index is 13.7. The Bertz CT molecular complexity index is 692. The van der Waals surface area contributed by atoms with Gasteiger partial charge < -0.3 is 15.4 Å². The molecule has 0 bridgehead atoms. The van der Waals surface area contributed by atoms with Crippen LogP contribution in [0.2, 0.25) is 0 Å². The minimum absolute atomic E-state index is 0.00924. The van der Waals surface area contributed by atoms with Crippen molar-refractivity contribution in [3.05, 3.63) is 52.3 Å².